The molecule has 1 aliphatic carbocycles. The maximum absolute atomic E-state index is 13.0. The number of anilines is 2. The Labute approximate surface area is 234 Å². The highest BCUT2D eigenvalue weighted by molar-refractivity contribution is 5.77. The number of carbonyl (C=O) groups excluding carboxylic acids is 1. The second-order valence-corrected chi connectivity index (χ2v) is 11.5. The van der Waals surface area contributed by atoms with Crippen LogP contribution in [0.3, 0.4) is 0 Å². The number of rotatable bonds is 6. The van der Waals surface area contributed by atoms with Crippen molar-refractivity contribution in [2.75, 3.05) is 69.1 Å². The number of phenolic OH excluding ortho intramolecular Hbond substituents is 1. The number of aromatic nitrogens is 2. The fourth-order valence-electron chi connectivity index (χ4n) is 6.81. The van der Waals surface area contributed by atoms with Crippen molar-refractivity contribution in [2.24, 2.45) is 5.92 Å². The fraction of sp³-hybridized carbons (Fsp3) is 0.586. The number of phenols is 1. The van der Waals surface area contributed by atoms with Gasteiger partial charge in [-0.1, -0.05) is 12.1 Å². The van der Waals surface area contributed by atoms with Gasteiger partial charge in [0, 0.05) is 76.9 Å². The second kappa shape index (κ2) is 11.6. The number of nitrogens with one attached hydrogen (secondary N) is 1. The number of carbonyl (C=O) groups is 2. The van der Waals surface area contributed by atoms with Gasteiger partial charge in [-0.05, 0) is 43.9 Å². The number of nitrogens with zero attached hydrogens (tertiary/aromatic N) is 6. The van der Waals surface area contributed by atoms with Crippen LogP contribution in [-0.4, -0.2) is 118 Å². The van der Waals surface area contributed by atoms with E-state index in [9.17, 15) is 19.8 Å². The molecule has 1 aromatic carbocycles. The highest BCUT2D eigenvalue weighted by Gasteiger charge is 2.34. The molecule has 0 unspecified atom stereocenters. The molecule has 2 aromatic rings. The first kappa shape index (κ1) is 26.8. The average Bonchev–Trinajstić information content (AvgIpc) is 2.99. The minimum Gasteiger partial charge on any atom is -0.507 e. The molecule has 4 aliphatic rings. The lowest BCUT2D eigenvalue weighted by Crippen LogP contribution is -2.58. The molecule has 214 valence electrons. The molecule has 0 bridgehead atoms. The molecule has 3 aliphatic heterocycles. The molecule has 0 spiro atoms. The molecule has 0 radical (unpaired) electrons. The third kappa shape index (κ3) is 5.57. The van der Waals surface area contributed by atoms with Gasteiger partial charge in [0.1, 0.15) is 5.75 Å². The number of fused-ring (bicyclic) bond motifs is 3. The quantitative estimate of drug-likeness (QED) is 0.492. The number of hydrogen-bond donors (Lipinski definition) is 3. The molecule has 3 fully saturated rings. The van der Waals surface area contributed by atoms with Crippen molar-refractivity contribution in [3.63, 3.8) is 0 Å². The Morgan fingerprint density at radius 1 is 0.950 bits per heavy atom. The summed E-state index contributed by atoms with van der Waals surface area (Å²) in [5.74, 6) is 0.345. The topological polar surface area (TPSA) is 125 Å². The number of piperazine rings is 2. The lowest BCUT2D eigenvalue weighted by Gasteiger charge is -2.46. The molecular formula is C29H39N7O4. The summed E-state index contributed by atoms with van der Waals surface area (Å²) in [6, 6.07) is 9.92. The summed E-state index contributed by atoms with van der Waals surface area (Å²) in [5, 5.41) is 31.7. The summed E-state index contributed by atoms with van der Waals surface area (Å²) in [5.41, 5.74) is 2.33. The molecule has 11 nitrogen and oxygen atoms in total. The van der Waals surface area contributed by atoms with Crippen LogP contribution in [0.4, 0.5) is 11.5 Å². The first-order chi connectivity index (χ1) is 19.5. The molecule has 1 amide bonds. The maximum Gasteiger partial charge on any atom is 0.306 e. The molecule has 40 heavy (non-hydrogen) atoms. The van der Waals surface area contributed by atoms with Crippen molar-refractivity contribution >= 4 is 23.4 Å². The summed E-state index contributed by atoms with van der Waals surface area (Å²) >= 11 is 0. The van der Waals surface area contributed by atoms with Crippen LogP contribution in [0.25, 0.3) is 11.3 Å². The number of carboxylic acids is 1. The number of para-hydroxylation sites is 1. The number of hydrogen-bond acceptors (Lipinski definition) is 9. The SMILES string of the molecule is O=C(O)C1CCC(N2CCN(C(=O)CCN3CCN4c5cc(-c6ccccc6O)nnc5NC[C@H]4C3)CC2)CC1. The van der Waals surface area contributed by atoms with Gasteiger partial charge < -0.3 is 25.3 Å². The van der Waals surface area contributed by atoms with Crippen molar-refractivity contribution in [3.8, 4) is 17.0 Å². The highest BCUT2D eigenvalue weighted by atomic mass is 16.4. The molecule has 1 aromatic heterocycles. The van der Waals surface area contributed by atoms with E-state index in [0.717, 1.165) is 96.1 Å². The van der Waals surface area contributed by atoms with E-state index in [2.05, 4.69) is 30.2 Å². The highest BCUT2D eigenvalue weighted by Crippen LogP contribution is 2.36. The monoisotopic (exact) mass is 549 g/mol. The zero-order valence-electron chi connectivity index (χ0n) is 22.9. The van der Waals surface area contributed by atoms with Gasteiger partial charge in [-0.15, -0.1) is 10.2 Å². The number of carboxylic acid groups (broad SMARTS) is 1. The van der Waals surface area contributed by atoms with Gasteiger partial charge in [-0.3, -0.25) is 19.4 Å². The van der Waals surface area contributed by atoms with Crippen LogP contribution in [0.1, 0.15) is 32.1 Å². The van der Waals surface area contributed by atoms with E-state index < -0.39 is 5.97 Å². The van der Waals surface area contributed by atoms with Crippen LogP contribution < -0.4 is 10.2 Å². The second-order valence-electron chi connectivity index (χ2n) is 11.5. The van der Waals surface area contributed by atoms with E-state index in [0.29, 0.717) is 23.7 Å². The number of aromatic hydroxyl groups is 1. The lowest BCUT2D eigenvalue weighted by molar-refractivity contribution is -0.143. The van der Waals surface area contributed by atoms with Gasteiger partial charge in [0.05, 0.1) is 23.3 Å². The van der Waals surface area contributed by atoms with Crippen LogP contribution in [0.5, 0.6) is 5.75 Å². The zero-order valence-corrected chi connectivity index (χ0v) is 22.9. The van der Waals surface area contributed by atoms with Gasteiger partial charge in [0.15, 0.2) is 5.82 Å². The van der Waals surface area contributed by atoms with Gasteiger partial charge in [0.2, 0.25) is 5.91 Å². The Balaban J connectivity index is 0.978. The Morgan fingerprint density at radius 3 is 2.48 bits per heavy atom. The summed E-state index contributed by atoms with van der Waals surface area (Å²) < 4.78 is 0. The minimum atomic E-state index is -0.660. The zero-order chi connectivity index (χ0) is 27.6. The summed E-state index contributed by atoms with van der Waals surface area (Å²) in [7, 11) is 0. The van der Waals surface area contributed by atoms with Crippen molar-refractivity contribution in [1.29, 1.82) is 0 Å². The molecule has 3 N–H and O–H groups in total. The first-order valence-corrected chi connectivity index (χ1v) is 14.6. The van der Waals surface area contributed by atoms with Crippen molar-refractivity contribution in [1.82, 2.24) is 24.9 Å². The van der Waals surface area contributed by atoms with E-state index in [1.807, 2.05) is 23.1 Å². The normalized spacial score (nSPS) is 25.6. The molecule has 1 saturated carbocycles. The van der Waals surface area contributed by atoms with E-state index >= 15 is 0 Å². The van der Waals surface area contributed by atoms with E-state index in [1.54, 1.807) is 12.1 Å². The van der Waals surface area contributed by atoms with Gasteiger partial charge in [-0.25, -0.2) is 0 Å². The minimum absolute atomic E-state index is 0.185. The third-order valence-electron chi connectivity index (χ3n) is 9.21. The predicted octanol–water partition coefficient (Wildman–Crippen LogP) is 1.94. The van der Waals surface area contributed by atoms with Crippen molar-refractivity contribution in [3.05, 3.63) is 30.3 Å². The summed E-state index contributed by atoms with van der Waals surface area (Å²) in [6.45, 7) is 7.42. The molecular weight excluding hydrogens is 510 g/mol. The van der Waals surface area contributed by atoms with Crippen LogP contribution in [0.15, 0.2) is 30.3 Å². The van der Waals surface area contributed by atoms with Crippen molar-refractivity contribution in [2.45, 2.75) is 44.2 Å². The van der Waals surface area contributed by atoms with Crippen LogP contribution in [0.2, 0.25) is 0 Å². The maximum atomic E-state index is 13.0. The van der Waals surface area contributed by atoms with Crippen LogP contribution >= 0.6 is 0 Å². The Bertz CT molecular complexity index is 1230. The lowest BCUT2D eigenvalue weighted by atomic mass is 9.85. The standard InChI is InChI=1S/C29H39N7O4/c37-26-4-2-1-3-23(26)24-17-25-28(32-31-24)30-18-22-19-33(11-16-36(22)25)10-9-27(38)35-14-12-34(13-15-35)21-7-5-20(6-8-21)29(39)40/h1-4,17,20-22,37H,5-16,18-19H2,(H,30,32)(H,39,40)/t20?,21?,22-/m0/s1. The molecule has 1 atom stereocenters. The predicted molar refractivity (Wildman–Crippen MR) is 151 cm³/mol. The van der Waals surface area contributed by atoms with E-state index in [4.69, 9.17) is 0 Å². The summed E-state index contributed by atoms with van der Waals surface area (Å²) in [4.78, 5) is 33.5. The molecule has 6 rings (SSSR count). The Hall–Kier alpha value is -3.44. The van der Waals surface area contributed by atoms with E-state index in [1.165, 1.54) is 0 Å². The molecule has 11 heteroatoms. The summed E-state index contributed by atoms with van der Waals surface area (Å²) in [6.07, 6.45) is 3.95. The van der Waals surface area contributed by atoms with Crippen molar-refractivity contribution < 1.29 is 19.8 Å². The van der Waals surface area contributed by atoms with Crippen LogP contribution in [-0.2, 0) is 9.59 Å². The average molecular weight is 550 g/mol. The smallest absolute Gasteiger partial charge is 0.306 e. The third-order valence-corrected chi connectivity index (χ3v) is 9.21. The number of benzene rings is 1. The largest absolute Gasteiger partial charge is 0.507 e. The Kier molecular flexibility index (Phi) is 7.75. The number of aliphatic carboxylic acids is 1. The molecule has 4 heterocycles. The van der Waals surface area contributed by atoms with Crippen LogP contribution in [0, 0.1) is 5.92 Å². The van der Waals surface area contributed by atoms with Gasteiger partial charge >= 0.3 is 5.97 Å². The van der Waals surface area contributed by atoms with Gasteiger partial charge in [-0.2, -0.15) is 0 Å². The van der Waals surface area contributed by atoms with Gasteiger partial charge in [0.25, 0.3) is 0 Å². The number of amides is 1. The Morgan fingerprint density at radius 2 is 1.73 bits per heavy atom. The van der Waals surface area contributed by atoms with E-state index in [-0.39, 0.29) is 23.6 Å². The fourth-order valence-corrected chi connectivity index (χ4v) is 6.81. The molecule has 2 saturated heterocycles. The first-order valence-electron chi connectivity index (χ1n) is 14.6.